The normalized spacial score (nSPS) is 25.9. The highest BCUT2D eigenvalue weighted by atomic mass is 16.5. The summed E-state index contributed by atoms with van der Waals surface area (Å²) in [6.07, 6.45) is 4.67. The molecule has 1 aliphatic carbocycles. The van der Waals surface area contributed by atoms with Gasteiger partial charge in [0, 0.05) is 12.3 Å². The molecule has 3 rings (SSSR count). The zero-order chi connectivity index (χ0) is 13.2. The number of fused-ring (bicyclic) bond motifs is 1. The van der Waals surface area contributed by atoms with Crippen LogP contribution in [0.5, 0.6) is 0 Å². The monoisotopic (exact) mass is 260 g/mol. The van der Waals surface area contributed by atoms with E-state index in [-0.39, 0.29) is 18.1 Å². The van der Waals surface area contributed by atoms with Crippen LogP contribution >= 0.6 is 0 Å². The number of carbonyl (C=O) groups is 1. The predicted molar refractivity (Wildman–Crippen MR) is 73.7 cm³/mol. The van der Waals surface area contributed by atoms with Gasteiger partial charge in [0.2, 0.25) is 5.91 Å². The molecule has 3 N–H and O–H groups in total. The number of hydrogen-bond donors (Lipinski definition) is 2. The van der Waals surface area contributed by atoms with E-state index < -0.39 is 0 Å². The third-order valence-corrected chi connectivity index (χ3v) is 4.03. The number of benzene rings is 1. The van der Waals surface area contributed by atoms with E-state index in [1.165, 1.54) is 11.1 Å². The Balaban J connectivity index is 1.67. The fourth-order valence-electron chi connectivity index (χ4n) is 3.00. The van der Waals surface area contributed by atoms with Crippen molar-refractivity contribution in [3.8, 4) is 0 Å². The van der Waals surface area contributed by atoms with Gasteiger partial charge in [-0.1, -0.05) is 6.07 Å². The van der Waals surface area contributed by atoms with Crippen LogP contribution in [0, 0.1) is 0 Å². The molecule has 0 radical (unpaired) electrons. The molecule has 1 heterocycles. The second-order valence-corrected chi connectivity index (χ2v) is 5.41. The van der Waals surface area contributed by atoms with E-state index in [2.05, 4.69) is 5.32 Å². The lowest BCUT2D eigenvalue weighted by Crippen LogP contribution is -2.39. The quantitative estimate of drug-likeness (QED) is 0.799. The molecule has 2 atom stereocenters. The number of amides is 1. The van der Waals surface area contributed by atoms with Gasteiger partial charge in [0.15, 0.2) is 0 Å². The maximum Gasteiger partial charge on any atom is 0.249 e. The first-order valence-electron chi connectivity index (χ1n) is 7.04. The fraction of sp³-hybridized carbons (Fsp3) is 0.533. The smallest absolute Gasteiger partial charge is 0.249 e. The molecule has 0 saturated carbocycles. The molecule has 4 heteroatoms. The Kier molecular flexibility index (Phi) is 3.42. The van der Waals surface area contributed by atoms with Crippen LogP contribution in [0.1, 0.15) is 42.9 Å². The molecule has 1 aromatic rings. The average Bonchev–Trinajstić information content (AvgIpc) is 2.82. The highest BCUT2D eigenvalue weighted by Crippen LogP contribution is 2.32. The van der Waals surface area contributed by atoms with Crippen LogP contribution in [0.2, 0.25) is 0 Å². The van der Waals surface area contributed by atoms with Crippen molar-refractivity contribution in [3.05, 3.63) is 29.3 Å². The number of rotatable bonds is 2. The highest BCUT2D eigenvalue weighted by molar-refractivity contribution is 5.81. The summed E-state index contributed by atoms with van der Waals surface area (Å²) in [5.74, 6) is 0.0365. The van der Waals surface area contributed by atoms with Crippen LogP contribution < -0.4 is 11.1 Å². The molecule has 0 aromatic heterocycles. The van der Waals surface area contributed by atoms with Crippen molar-refractivity contribution >= 4 is 11.6 Å². The summed E-state index contributed by atoms with van der Waals surface area (Å²) in [4.78, 5) is 12.2. The number of aryl methyl sites for hydroxylation is 1. The van der Waals surface area contributed by atoms with E-state index in [1.54, 1.807) is 0 Å². The van der Waals surface area contributed by atoms with Crippen molar-refractivity contribution in [1.29, 1.82) is 0 Å². The molecule has 0 bridgehead atoms. The van der Waals surface area contributed by atoms with Crippen LogP contribution in [0.15, 0.2) is 18.2 Å². The van der Waals surface area contributed by atoms with E-state index in [0.717, 1.165) is 37.8 Å². The van der Waals surface area contributed by atoms with Gasteiger partial charge >= 0.3 is 0 Å². The maximum absolute atomic E-state index is 12.2. The maximum atomic E-state index is 12.2. The van der Waals surface area contributed by atoms with Crippen molar-refractivity contribution in [1.82, 2.24) is 5.32 Å². The Hall–Kier alpha value is -1.55. The first-order chi connectivity index (χ1) is 9.24. The highest BCUT2D eigenvalue weighted by Gasteiger charge is 2.28. The number of nitrogens with one attached hydrogen (secondary N) is 1. The van der Waals surface area contributed by atoms with Gasteiger partial charge in [0.1, 0.15) is 6.10 Å². The minimum absolute atomic E-state index is 0.0365. The lowest BCUT2D eigenvalue weighted by Gasteiger charge is -2.24. The summed E-state index contributed by atoms with van der Waals surface area (Å²) in [6.45, 7) is 0.704. The van der Waals surface area contributed by atoms with Gasteiger partial charge in [0.25, 0.3) is 0 Å². The summed E-state index contributed by atoms with van der Waals surface area (Å²) >= 11 is 0. The molecule has 2 aliphatic rings. The Morgan fingerprint density at radius 3 is 3.00 bits per heavy atom. The molecule has 2 unspecified atom stereocenters. The molecule has 0 spiro atoms. The van der Waals surface area contributed by atoms with Crippen LogP contribution in [0.25, 0.3) is 0 Å². The Bertz CT molecular complexity index is 481. The Morgan fingerprint density at radius 1 is 1.32 bits per heavy atom. The van der Waals surface area contributed by atoms with Crippen LogP contribution in [-0.4, -0.2) is 18.6 Å². The summed E-state index contributed by atoms with van der Waals surface area (Å²) in [7, 11) is 0. The van der Waals surface area contributed by atoms with Crippen LogP contribution in [-0.2, 0) is 16.0 Å². The molecule has 4 nitrogen and oxygen atoms in total. The number of ether oxygens (including phenoxy) is 1. The van der Waals surface area contributed by atoms with Gasteiger partial charge in [-0.05, 0) is 55.4 Å². The third kappa shape index (κ3) is 2.59. The Morgan fingerprint density at radius 2 is 2.21 bits per heavy atom. The van der Waals surface area contributed by atoms with E-state index >= 15 is 0 Å². The fourth-order valence-corrected chi connectivity index (χ4v) is 3.00. The lowest BCUT2D eigenvalue weighted by atomic mass is 10.1. The van der Waals surface area contributed by atoms with Crippen molar-refractivity contribution in [3.63, 3.8) is 0 Å². The van der Waals surface area contributed by atoms with E-state index in [0.29, 0.717) is 6.61 Å². The molecule has 102 valence electrons. The van der Waals surface area contributed by atoms with Crippen molar-refractivity contribution in [2.75, 3.05) is 12.3 Å². The van der Waals surface area contributed by atoms with E-state index in [4.69, 9.17) is 10.5 Å². The first-order valence-corrected chi connectivity index (χ1v) is 7.04. The van der Waals surface area contributed by atoms with Gasteiger partial charge in [-0.3, -0.25) is 4.79 Å². The van der Waals surface area contributed by atoms with Gasteiger partial charge in [-0.2, -0.15) is 0 Å². The van der Waals surface area contributed by atoms with Crippen LogP contribution in [0.3, 0.4) is 0 Å². The standard InChI is InChI=1S/C15H20N2O2/c16-11-5-6-12-10(9-11)4-7-13(12)17-15(18)14-3-1-2-8-19-14/h5-6,9,13-14H,1-4,7-8,16H2,(H,17,18). The number of hydrogen-bond acceptors (Lipinski definition) is 3. The zero-order valence-electron chi connectivity index (χ0n) is 11.0. The summed E-state index contributed by atoms with van der Waals surface area (Å²) in [6, 6.07) is 6.07. The first kappa shape index (κ1) is 12.5. The number of carbonyl (C=O) groups excluding carboxylic acids is 1. The van der Waals surface area contributed by atoms with Crippen molar-refractivity contribution in [2.45, 2.75) is 44.2 Å². The molecule has 1 amide bonds. The number of anilines is 1. The largest absolute Gasteiger partial charge is 0.399 e. The molecule has 1 fully saturated rings. The average molecular weight is 260 g/mol. The molecular formula is C15H20N2O2. The third-order valence-electron chi connectivity index (χ3n) is 4.03. The number of nitrogens with two attached hydrogens (primary N) is 1. The summed E-state index contributed by atoms with van der Waals surface area (Å²) < 4.78 is 5.53. The van der Waals surface area contributed by atoms with Crippen molar-refractivity contribution in [2.24, 2.45) is 0 Å². The SMILES string of the molecule is Nc1ccc2c(c1)CCC2NC(=O)C1CCCCO1. The zero-order valence-corrected chi connectivity index (χ0v) is 11.0. The van der Waals surface area contributed by atoms with Gasteiger partial charge in [-0.25, -0.2) is 0 Å². The minimum atomic E-state index is -0.258. The second-order valence-electron chi connectivity index (χ2n) is 5.41. The van der Waals surface area contributed by atoms with Gasteiger partial charge < -0.3 is 15.8 Å². The topological polar surface area (TPSA) is 64.3 Å². The lowest BCUT2D eigenvalue weighted by molar-refractivity contribution is -0.136. The van der Waals surface area contributed by atoms with Crippen LogP contribution in [0.4, 0.5) is 5.69 Å². The van der Waals surface area contributed by atoms with Gasteiger partial charge in [0.05, 0.1) is 6.04 Å². The molecule has 1 aromatic carbocycles. The van der Waals surface area contributed by atoms with E-state index in [9.17, 15) is 4.79 Å². The molecule has 19 heavy (non-hydrogen) atoms. The van der Waals surface area contributed by atoms with Gasteiger partial charge in [-0.15, -0.1) is 0 Å². The second kappa shape index (κ2) is 5.21. The predicted octanol–water partition coefficient (Wildman–Crippen LogP) is 1.94. The Labute approximate surface area is 113 Å². The minimum Gasteiger partial charge on any atom is -0.399 e. The molecule has 1 aliphatic heterocycles. The molecule has 1 saturated heterocycles. The summed E-state index contributed by atoms with van der Waals surface area (Å²) in [5, 5.41) is 3.12. The molecular weight excluding hydrogens is 240 g/mol. The number of nitrogen functional groups attached to an aromatic ring is 1. The van der Waals surface area contributed by atoms with Crippen molar-refractivity contribution < 1.29 is 9.53 Å². The summed E-state index contributed by atoms with van der Waals surface area (Å²) in [5.41, 5.74) is 9.05. The van der Waals surface area contributed by atoms with E-state index in [1.807, 2.05) is 18.2 Å².